The van der Waals surface area contributed by atoms with E-state index in [4.69, 9.17) is 0 Å². The molecule has 1 unspecified atom stereocenters. The third-order valence-corrected chi connectivity index (χ3v) is 6.40. The van der Waals surface area contributed by atoms with E-state index in [1.54, 1.807) is 0 Å². The summed E-state index contributed by atoms with van der Waals surface area (Å²) in [5.74, 6) is 0.983. The van der Waals surface area contributed by atoms with E-state index in [-0.39, 0.29) is 0 Å². The van der Waals surface area contributed by atoms with Crippen molar-refractivity contribution in [3.05, 3.63) is 52.8 Å². The van der Waals surface area contributed by atoms with Gasteiger partial charge < -0.3 is 5.11 Å². The Morgan fingerprint density at radius 3 is 2.50 bits per heavy atom. The molecule has 1 aliphatic rings. The van der Waals surface area contributed by atoms with Gasteiger partial charge in [-0.1, -0.05) is 37.3 Å². The highest BCUT2D eigenvalue weighted by atomic mass is 32.3. The zero-order chi connectivity index (χ0) is 14.6. The number of hydrogen-bond acceptors (Lipinski definition) is 2. The van der Waals surface area contributed by atoms with E-state index in [0.29, 0.717) is 0 Å². The molecule has 0 amide bonds. The van der Waals surface area contributed by atoms with Gasteiger partial charge in [0.05, 0.1) is 5.60 Å². The Kier molecular flexibility index (Phi) is 4.74. The molecule has 1 heterocycles. The van der Waals surface area contributed by atoms with Crippen molar-refractivity contribution in [2.45, 2.75) is 32.8 Å². The molecule has 3 heteroatoms. The van der Waals surface area contributed by atoms with Gasteiger partial charge in [0.15, 0.2) is 0 Å². The van der Waals surface area contributed by atoms with Crippen LogP contribution in [0.2, 0.25) is 0 Å². The minimum absolute atomic E-state index is 0.605. The van der Waals surface area contributed by atoms with Crippen LogP contribution in [-0.2, 0) is 0 Å². The van der Waals surface area contributed by atoms with Crippen LogP contribution >= 0.6 is 10.2 Å². The van der Waals surface area contributed by atoms with Gasteiger partial charge in [0, 0.05) is 6.54 Å². The van der Waals surface area contributed by atoms with Crippen LogP contribution in [0.4, 0.5) is 0 Å². The molecule has 2 rings (SSSR count). The third kappa shape index (κ3) is 3.98. The normalized spacial score (nSPS) is 25.3. The number of nitrogens with one attached hydrogen (secondary N) is 1. The first-order valence-electron chi connectivity index (χ1n) is 7.17. The lowest BCUT2D eigenvalue weighted by atomic mass is 10.1. The van der Waals surface area contributed by atoms with Gasteiger partial charge in [-0.3, -0.25) is 4.72 Å². The topological polar surface area (TPSA) is 32.3 Å². The van der Waals surface area contributed by atoms with Crippen LogP contribution < -0.4 is 4.72 Å². The van der Waals surface area contributed by atoms with Crippen molar-refractivity contribution in [2.75, 3.05) is 12.3 Å². The lowest BCUT2D eigenvalue weighted by Crippen LogP contribution is -2.26. The second-order valence-corrected chi connectivity index (χ2v) is 8.76. The monoisotopic (exact) mass is 291 g/mol. The SMILES string of the molecule is CCNS1(CCC(C)(C)O)C=CC(c2ccccc2)=C1. The molecule has 1 aromatic carbocycles. The standard InChI is InChI=1S/C17H25NOS/c1-4-18-20(13-11-17(2,3)19)12-10-16(14-20)15-8-6-5-7-9-15/h5-10,12,14,18-19H,4,11,13H2,1-3H3. The van der Waals surface area contributed by atoms with E-state index in [0.717, 1.165) is 18.7 Å². The van der Waals surface area contributed by atoms with E-state index >= 15 is 0 Å². The predicted molar refractivity (Wildman–Crippen MR) is 90.6 cm³/mol. The van der Waals surface area contributed by atoms with Crippen molar-refractivity contribution in [1.82, 2.24) is 4.72 Å². The Balaban J connectivity index is 2.19. The number of rotatable bonds is 6. The van der Waals surface area contributed by atoms with Gasteiger partial charge >= 0.3 is 0 Å². The summed E-state index contributed by atoms with van der Waals surface area (Å²) in [6.07, 6.45) is 3.02. The van der Waals surface area contributed by atoms with Gasteiger partial charge in [0.25, 0.3) is 0 Å². The summed E-state index contributed by atoms with van der Waals surface area (Å²) in [4.78, 5) is 0. The highest BCUT2D eigenvalue weighted by Crippen LogP contribution is 2.54. The van der Waals surface area contributed by atoms with Crippen molar-refractivity contribution in [3.8, 4) is 0 Å². The highest BCUT2D eigenvalue weighted by Gasteiger charge is 2.25. The van der Waals surface area contributed by atoms with E-state index in [1.807, 2.05) is 19.9 Å². The summed E-state index contributed by atoms with van der Waals surface area (Å²) in [5.41, 5.74) is 1.95. The fourth-order valence-corrected chi connectivity index (χ4v) is 5.36. The molecule has 0 bridgehead atoms. The van der Waals surface area contributed by atoms with Crippen molar-refractivity contribution in [1.29, 1.82) is 0 Å². The Bertz CT molecular complexity index is 501. The van der Waals surface area contributed by atoms with Gasteiger partial charge in [0.2, 0.25) is 0 Å². The summed E-state index contributed by atoms with van der Waals surface area (Å²) in [6, 6.07) is 10.5. The number of allylic oxidation sites excluding steroid dienone is 2. The van der Waals surface area contributed by atoms with E-state index in [1.165, 1.54) is 11.1 Å². The van der Waals surface area contributed by atoms with Crippen LogP contribution in [0.1, 0.15) is 32.8 Å². The third-order valence-electron chi connectivity index (χ3n) is 3.40. The summed E-state index contributed by atoms with van der Waals surface area (Å²) >= 11 is 0. The molecule has 20 heavy (non-hydrogen) atoms. The summed E-state index contributed by atoms with van der Waals surface area (Å²) < 4.78 is 3.64. The largest absolute Gasteiger partial charge is 0.390 e. The molecule has 0 saturated heterocycles. The highest BCUT2D eigenvalue weighted by molar-refractivity contribution is 8.37. The van der Waals surface area contributed by atoms with Crippen LogP contribution in [0.3, 0.4) is 0 Å². The maximum absolute atomic E-state index is 9.98. The minimum atomic E-state index is -1.09. The molecule has 2 N–H and O–H groups in total. The summed E-state index contributed by atoms with van der Waals surface area (Å²) in [7, 11) is -1.09. The maximum Gasteiger partial charge on any atom is 0.0599 e. The quantitative estimate of drug-likeness (QED) is 0.829. The van der Waals surface area contributed by atoms with E-state index < -0.39 is 15.8 Å². The zero-order valence-corrected chi connectivity index (χ0v) is 13.4. The molecule has 0 radical (unpaired) electrons. The van der Waals surface area contributed by atoms with Crippen LogP contribution in [0.15, 0.2) is 47.2 Å². The van der Waals surface area contributed by atoms with Crippen LogP contribution in [-0.4, -0.2) is 23.0 Å². The van der Waals surface area contributed by atoms with Crippen molar-refractivity contribution >= 4 is 15.8 Å². The van der Waals surface area contributed by atoms with E-state index in [9.17, 15) is 5.11 Å². The first-order chi connectivity index (χ1) is 9.44. The molecule has 0 aliphatic carbocycles. The van der Waals surface area contributed by atoms with Crippen molar-refractivity contribution < 1.29 is 5.11 Å². The molecular formula is C17H25NOS. The van der Waals surface area contributed by atoms with Crippen molar-refractivity contribution in [2.24, 2.45) is 0 Å². The van der Waals surface area contributed by atoms with Gasteiger partial charge in [-0.25, -0.2) is 0 Å². The molecule has 1 atom stereocenters. The number of aliphatic hydroxyl groups is 1. The second-order valence-electron chi connectivity index (χ2n) is 5.86. The summed E-state index contributed by atoms with van der Waals surface area (Å²) in [5, 5.41) is 14.7. The molecule has 0 saturated carbocycles. The molecule has 110 valence electrons. The molecule has 2 nitrogen and oxygen atoms in total. The lowest BCUT2D eigenvalue weighted by Gasteiger charge is -2.34. The molecule has 0 fully saturated rings. The van der Waals surface area contributed by atoms with Gasteiger partial charge in [-0.2, -0.15) is 0 Å². The minimum Gasteiger partial charge on any atom is -0.390 e. The molecule has 0 aromatic heterocycles. The number of benzene rings is 1. The Morgan fingerprint density at radius 1 is 1.20 bits per heavy atom. The Labute approximate surface area is 124 Å². The first-order valence-corrected chi connectivity index (χ1v) is 9.10. The maximum atomic E-state index is 9.98. The molecule has 1 aliphatic heterocycles. The average molecular weight is 291 g/mol. The zero-order valence-electron chi connectivity index (χ0n) is 12.6. The van der Waals surface area contributed by atoms with Gasteiger partial charge in [-0.15, -0.1) is 10.2 Å². The molecule has 0 spiro atoms. The smallest absolute Gasteiger partial charge is 0.0599 e. The van der Waals surface area contributed by atoms with Crippen molar-refractivity contribution in [3.63, 3.8) is 0 Å². The van der Waals surface area contributed by atoms with Gasteiger partial charge in [-0.05, 0) is 54.0 Å². The van der Waals surface area contributed by atoms with Crippen LogP contribution in [0.25, 0.3) is 5.57 Å². The fraction of sp³-hybridized carbons (Fsp3) is 0.412. The predicted octanol–water partition coefficient (Wildman–Crippen LogP) is 4.04. The molecular weight excluding hydrogens is 266 g/mol. The average Bonchev–Trinajstić information content (AvgIpc) is 2.82. The lowest BCUT2D eigenvalue weighted by molar-refractivity contribution is 0.0775. The van der Waals surface area contributed by atoms with Gasteiger partial charge in [0.1, 0.15) is 0 Å². The number of hydrogen-bond donors (Lipinski definition) is 2. The molecule has 1 aromatic rings. The van der Waals surface area contributed by atoms with Crippen LogP contribution in [0.5, 0.6) is 0 Å². The second kappa shape index (κ2) is 6.17. The Hall–Kier alpha value is -1.03. The fourth-order valence-electron chi connectivity index (χ4n) is 2.27. The van der Waals surface area contributed by atoms with E-state index in [2.05, 4.69) is 52.8 Å². The summed E-state index contributed by atoms with van der Waals surface area (Å²) in [6.45, 7) is 6.85. The first kappa shape index (κ1) is 15.4. The van der Waals surface area contributed by atoms with Crippen LogP contribution in [0, 0.1) is 0 Å². The Morgan fingerprint density at radius 2 is 1.90 bits per heavy atom.